The van der Waals surface area contributed by atoms with Gasteiger partial charge in [0.15, 0.2) is 0 Å². The van der Waals surface area contributed by atoms with E-state index in [1.54, 1.807) is 6.92 Å². The van der Waals surface area contributed by atoms with E-state index in [1.807, 2.05) is 0 Å². The van der Waals surface area contributed by atoms with Crippen LogP contribution >= 0.6 is 15.9 Å². The van der Waals surface area contributed by atoms with Gasteiger partial charge in [-0.3, -0.25) is 0 Å². The van der Waals surface area contributed by atoms with E-state index in [-0.39, 0.29) is 29.4 Å². The molecule has 1 heterocycles. The number of hydrogen-bond donors (Lipinski definition) is 0. The lowest BCUT2D eigenvalue weighted by Gasteiger charge is -2.26. The monoisotopic (exact) mass is 471 g/mol. The Balaban J connectivity index is 1.82. The normalized spacial score (nSPS) is 16.5. The molecule has 1 aliphatic rings. The zero-order valence-corrected chi connectivity index (χ0v) is 17.5. The zero-order valence-electron chi connectivity index (χ0n) is 15.1. The van der Waals surface area contributed by atoms with E-state index in [0.717, 1.165) is 0 Å². The second-order valence-electron chi connectivity index (χ2n) is 6.26. The average molecular weight is 472 g/mol. The van der Waals surface area contributed by atoms with Crippen LogP contribution in [0.5, 0.6) is 0 Å². The first-order valence-electron chi connectivity index (χ1n) is 8.63. The Bertz CT molecular complexity index is 959. The summed E-state index contributed by atoms with van der Waals surface area (Å²) in [7, 11) is -3.78. The molecule has 1 unspecified atom stereocenters. The first-order chi connectivity index (χ1) is 13.3. The van der Waals surface area contributed by atoms with Gasteiger partial charge in [0, 0.05) is 17.6 Å². The highest BCUT2D eigenvalue weighted by atomic mass is 79.9. The smallest absolute Gasteiger partial charge is 0.338 e. The van der Waals surface area contributed by atoms with E-state index < -0.39 is 22.1 Å². The fraction of sp³-hybridized carbons (Fsp3) is 0.316. The minimum atomic E-state index is -3.78. The van der Waals surface area contributed by atoms with Crippen molar-refractivity contribution in [1.82, 2.24) is 4.31 Å². The largest absolute Gasteiger partial charge is 0.454 e. The van der Waals surface area contributed by atoms with Crippen LogP contribution in [-0.2, 0) is 19.5 Å². The molecule has 0 N–H and O–H groups in total. The zero-order chi connectivity index (χ0) is 20.3. The van der Waals surface area contributed by atoms with Crippen molar-refractivity contribution in [3.8, 4) is 0 Å². The number of carbonyl (C=O) groups is 1. The van der Waals surface area contributed by atoms with Gasteiger partial charge >= 0.3 is 5.97 Å². The molecule has 0 spiro atoms. The Hall–Kier alpha value is -1.81. The highest BCUT2D eigenvalue weighted by Crippen LogP contribution is 2.28. The van der Waals surface area contributed by atoms with Gasteiger partial charge in [-0.05, 0) is 58.7 Å². The molecule has 1 saturated heterocycles. The van der Waals surface area contributed by atoms with Crippen molar-refractivity contribution in [1.29, 1.82) is 0 Å². The number of ether oxygens (including phenoxy) is 2. The minimum Gasteiger partial charge on any atom is -0.454 e. The van der Waals surface area contributed by atoms with Crippen molar-refractivity contribution in [2.24, 2.45) is 0 Å². The molecule has 6 nitrogen and oxygen atoms in total. The van der Waals surface area contributed by atoms with Crippen molar-refractivity contribution in [2.45, 2.75) is 17.9 Å². The number of nitrogens with zero attached hydrogens (tertiary/aromatic N) is 1. The Morgan fingerprint density at radius 3 is 2.46 bits per heavy atom. The van der Waals surface area contributed by atoms with E-state index in [0.29, 0.717) is 23.2 Å². The molecule has 2 aromatic rings. The summed E-state index contributed by atoms with van der Waals surface area (Å²) in [5.74, 6) is -1.05. The van der Waals surface area contributed by atoms with Crippen LogP contribution in [0.1, 0.15) is 28.9 Å². The quantitative estimate of drug-likeness (QED) is 0.623. The van der Waals surface area contributed by atoms with Crippen LogP contribution in [0.15, 0.2) is 51.8 Å². The molecular formula is C19H19BrFNO5S. The van der Waals surface area contributed by atoms with Crippen molar-refractivity contribution in [2.75, 3.05) is 26.3 Å². The Labute approximate surface area is 171 Å². The standard InChI is InChI=1S/C19H19BrFNO5S/c1-13(14-2-5-16(21)6-3-14)27-19(23)15-4-7-17(20)18(12-15)28(24,25)22-8-10-26-11-9-22/h2-7,12-13H,8-11H2,1H3. The van der Waals surface area contributed by atoms with Crippen molar-refractivity contribution < 1.29 is 27.1 Å². The highest BCUT2D eigenvalue weighted by Gasteiger charge is 2.29. The number of esters is 1. The van der Waals surface area contributed by atoms with E-state index in [4.69, 9.17) is 9.47 Å². The van der Waals surface area contributed by atoms with Gasteiger partial charge < -0.3 is 9.47 Å². The van der Waals surface area contributed by atoms with E-state index in [9.17, 15) is 17.6 Å². The molecule has 0 aliphatic carbocycles. The lowest BCUT2D eigenvalue weighted by atomic mass is 10.1. The molecule has 9 heteroatoms. The summed E-state index contributed by atoms with van der Waals surface area (Å²) in [6, 6.07) is 9.92. The third-order valence-corrected chi connectivity index (χ3v) is 7.27. The van der Waals surface area contributed by atoms with Gasteiger partial charge in [-0.25, -0.2) is 17.6 Å². The fourth-order valence-corrected chi connectivity index (χ4v) is 5.14. The van der Waals surface area contributed by atoms with Crippen molar-refractivity contribution >= 4 is 31.9 Å². The molecule has 1 fully saturated rings. The SMILES string of the molecule is CC(OC(=O)c1ccc(Br)c(S(=O)(=O)N2CCOCC2)c1)c1ccc(F)cc1. The third-order valence-electron chi connectivity index (χ3n) is 4.38. The molecule has 3 rings (SSSR count). The van der Waals surface area contributed by atoms with Crippen molar-refractivity contribution in [3.05, 3.63) is 63.9 Å². The van der Waals surface area contributed by atoms with Crippen molar-refractivity contribution in [3.63, 3.8) is 0 Å². The Morgan fingerprint density at radius 2 is 1.82 bits per heavy atom. The maximum Gasteiger partial charge on any atom is 0.338 e. The van der Waals surface area contributed by atoms with Crippen LogP contribution in [0.25, 0.3) is 0 Å². The molecule has 2 aromatic carbocycles. The molecule has 0 amide bonds. The number of hydrogen-bond acceptors (Lipinski definition) is 5. The number of carbonyl (C=O) groups excluding carboxylic acids is 1. The number of rotatable bonds is 5. The van der Waals surface area contributed by atoms with Crippen LogP contribution < -0.4 is 0 Å². The molecular weight excluding hydrogens is 453 g/mol. The van der Waals surface area contributed by atoms with Gasteiger partial charge in [0.1, 0.15) is 11.9 Å². The second kappa shape index (κ2) is 8.69. The lowest BCUT2D eigenvalue weighted by Crippen LogP contribution is -2.40. The Morgan fingerprint density at radius 1 is 1.18 bits per heavy atom. The molecule has 28 heavy (non-hydrogen) atoms. The predicted molar refractivity (Wildman–Crippen MR) is 104 cm³/mol. The summed E-state index contributed by atoms with van der Waals surface area (Å²) in [5.41, 5.74) is 0.747. The summed E-state index contributed by atoms with van der Waals surface area (Å²) < 4.78 is 51.2. The first kappa shape index (κ1) is 20.9. The second-order valence-corrected chi connectivity index (χ2v) is 9.02. The molecule has 1 atom stereocenters. The fourth-order valence-electron chi connectivity index (χ4n) is 2.78. The van der Waals surface area contributed by atoms with Crippen LogP contribution in [0.3, 0.4) is 0 Å². The number of morpholine rings is 1. The van der Waals surface area contributed by atoms with Gasteiger partial charge in [0.25, 0.3) is 0 Å². The van der Waals surface area contributed by atoms with E-state index >= 15 is 0 Å². The molecule has 0 saturated carbocycles. The lowest BCUT2D eigenvalue weighted by molar-refractivity contribution is 0.0337. The van der Waals surface area contributed by atoms with Crippen LogP contribution in [0.4, 0.5) is 4.39 Å². The topological polar surface area (TPSA) is 72.9 Å². The molecule has 1 aliphatic heterocycles. The maximum atomic E-state index is 13.0. The van der Waals surface area contributed by atoms with Crippen LogP contribution in [0, 0.1) is 5.82 Å². The van der Waals surface area contributed by atoms with E-state index in [1.165, 1.54) is 46.8 Å². The Kier molecular flexibility index (Phi) is 6.49. The average Bonchev–Trinajstić information content (AvgIpc) is 2.69. The van der Waals surface area contributed by atoms with Gasteiger partial charge in [-0.2, -0.15) is 4.31 Å². The molecule has 0 aromatic heterocycles. The number of halogens is 2. The van der Waals surface area contributed by atoms with Crippen LogP contribution in [0.2, 0.25) is 0 Å². The molecule has 0 bridgehead atoms. The minimum absolute atomic E-state index is 0.00159. The van der Waals surface area contributed by atoms with E-state index in [2.05, 4.69) is 15.9 Å². The predicted octanol–water partition coefficient (Wildman–Crippen LogP) is 3.53. The van der Waals surface area contributed by atoms with Gasteiger partial charge in [0.2, 0.25) is 10.0 Å². The van der Waals surface area contributed by atoms with Gasteiger partial charge in [-0.1, -0.05) is 12.1 Å². The maximum absolute atomic E-state index is 13.0. The third kappa shape index (κ3) is 4.60. The van der Waals surface area contributed by atoms with Gasteiger partial charge in [-0.15, -0.1) is 0 Å². The number of benzene rings is 2. The number of sulfonamides is 1. The molecule has 0 radical (unpaired) electrons. The first-order valence-corrected chi connectivity index (χ1v) is 10.9. The molecule has 150 valence electrons. The summed E-state index contributed by atoms with van der Waals surface area (Å²) in [5, 5.41) is 0. The summed E-state index contributed by atoms with van der Waals surface area (Å²) >= 11 is 3.25. The summed E-state index contributed by atoms with van der Waals surface area (Å²) in [6.45, 7) is 2.83. The van der Waals surface area contributed by atoms with Crippen LogP contribution in [-0.4, -0.2) is 45.0 Å². The summed E-state index contributed by atoms with van der Waals surface area (Å²) in [6.07, 6.45) is -0.615. The van der Waals surface area contributed by atoms with Gasteiger partial charge in [0.05, 0.1) is 23.7 Å². The highest BCUT2D eigenvalue weighted by molar-refractivity contribution is 9.10. The summed E-state index contributed by atoms with van der Waals surface area (Å²) in [4.78, 5) is 12.5.